The third kappa shape index (κ3) is 5.89. The van der Waals surface area contributed by atoms with Gasteiger partial charge in [0.2, 0.25) is 0 Å². The molecular formula is C20H29ClN4O2. The molecule has 0 fully saturated rings. The molecule has 2 N–H and O–H groups in total. The molecule has 0 saturated carbocycles. The lowest BCUT2D eigenvalue weighted by molar-refractivity contribution is 0.380. The lowest BCUT2D eigenvalue weighted by atomic mass is 10.1. The van der Waals surface area contributed by atoms with E-state index in [2.05, 4.69) is 29.6 Å². The van der Waals surface area contributed by atoms with Gasteiger partial charge in [-0.3, -0.25) is 0 Å². The molecule has 2 rings (SSSR count). The molecule has 0 radical (unpaired) electrons. The summed E-state index contributed by atoms with van der Waals surface area (Å²) in [7, 11) is 1.63. The maximum atomic E-state index is 6.31. The van der Waals surface area contributed by atoms with E-state index >= 15 is 0 Å². The van der Waals surface area contributed by atoms with Crippen LogP contribution in [0.5, 0.6) is 5.75 Å². The first-order chi connectivity index (χ1) is 13.1. The summed E-state index contributed by atoms with van der Waals surface area (Å²) in [6.45, 7) is 8.25. The van der Waals surface area contributed by atoms with Crippen LogP contribution in [0.3, 0.4) is 0 Å². The molecule has 1 heterocycles. The first kappa shape index (κ1) is 21.1. The summed E-state index contributed by atoms with van der Waals surface area (Å²) >= 11 is 6.31. The largest absolute Gasteiger partial charge is 0.497 e. The number of aliphatic imine (C=N–C) groups is 1. The minimum Gasteiger partial charge on any atom is -0.497 e. The average molecular weight is 393 g/mol. The van der Waals surface area contributed by atoms with Gasteiger partial charge in [-0.1, -0.05) is 36.7 Å². The summed E-state index contributed by atoms with van der Waals surface area (Å²) in [4.78, 5) is 4.70. The van der Waals surface area contributed by atoms with Crippen molar-refractivity contribution in [2.45, 2.75) is 46.6 Å². The maximum Gasteiger partial charge on any atom is 0.191 e. The lowest BCUT2D eigenvalue weighted by Gasteiger charge is -2.12. The second-order valence-corrected chi connectivity index (χ2v) is 6.47. The van der Waals surface area contributed by atoms with Crippen LogP contribution in [0, 0.1) is 0 Å². The van der Waals surface area contributed by atoms with Gasteiger partial charge < -0.3 is 19.9 Å². The second kappa shape index (κ2) is 10.8. The molecular weight excluding hydrogens is 364 g/mol. The van der Waals surface area contributed by atoms with Gasteiger partial charge in [0.05, 0.1) is 19.3 Å². The number of rotatable bonds is 9. The van der Waals surface area contributed by atoms with Gasteiger partial charge in [-0.05, 0) is 37.5 Å². The monoisotopic (exact) mass is 392 g/mol. The number of nitrogens with zero attached hydrogens (tertiary/aromatic N) is 2. The molecule has 0 unspecified atom stereocenters. The lowest BCUT2D eigenvalue weighted by Crippen LogP contribution is -2.38. The van der Waals surface area contributed by atoms with Crippen molar-refractivity contribution < 1.29 is 9.26 Å². The van der Waals surface area contributed by atoms with Crippen molar-refractivity contribution >= 4 is 17.6 Å². The van der Waals surface area contributed by atoms with Gasteiger partial charge in [-0.15, -0.1) is 0 Å². The molecule has 6 nitrogen and oxygen atoms in total. The highest BCUT2D eigenvalue weighted by Crippen LogP contribution is 2.22. The molecule has 0 aliphatic heterocycles. The zero-order valence-corrected chi connectivity index (χ0v) is 17.3. The van der Waals surface area contributed by atoms with Crippen molar-refractivity contribution in [2.75, 3.05) is 20.2 Å². The van der Waals surface area contributed by atoms with E-state index in [0.29, 0.717) is 11.6 Å². The van der Waals surface area contributed by atoms with Gasteiger partial charge in [0.25, 0.3) is 0 Å². The van der Waals surface area contributed by atoms with Crippen LogP contribution in [0.1, 0.15) is 43.4 Å². The number of ether oxygens (including phenoxy) is 1. The summed E-state index contributed by atoms with van der Waals surface area (Å²) in [5.74, 6) is 2.45. The highest BCUT2D eigenvalue weighted by molar-refractivity contribution is 6.31. The fourth-order valence-electron chi connectivity index (χ4n) is 2.79. The Hall–Kier alpha value is -2.21. The van der Waals surface area contributed by atoms with Crippen LogP contribution in [0.25, 0.3) is 0 Å². The Morgan fingerprint density at radius 1 is 1.22 bits per heavy atom. The fourth-order valence-corrected chi connectivity index (χ4v) is 3.05. The number of methoxy groups -OCH3 is 1. The van der Waals surface area contributed by atoms with Crippen LogP contribution in [-0.2, 0) is 25.8 Å². The minimum absolute atomic E-state index is 0.550. The normalized spacial score (nSPS) is 11.5. The van der Waals surface area contributed by atoms with Crippen LogP contribution in [0.4, 0.5) is 0 Å². The third-order valence-corrected chi connectivity index (χ3v) is 4.65. The van der Waals surface area contributed by atoms with E-state index in [9.17, 15) is 0 Å². The molecule has 0 aliphatic carbocycles. The zero-order valence-electron chi connectivity index (χ0n) is 16.6. The van der Waals surface area contributed by atoms with Crippen LogP contribution >= 0.6 is 11.6 Å². The van der Waals surface area contributed by atoms with E-state index in [-0.39, 0.29) is 0 Å². The molecule has 7 heteroatoms. The van der Waals surface area contributed by atoms with Gasteiger partial charge in [0, 0.05) is 30.1 Å². The Bertz CT molecular complexity index is 737. The van der Waals surface area contributed by atoms with Gasteiger partial charge >= 0.3 is 0 Å². The summed E-state index contributed by atoms with van der Waals surface area (Å²) in [5, 5.41) is 11.5. The average Bonchev–Trinajstić information content (AvgIpc) is 3.09. The molecule has 0 bridgehead atoms. The minimum atomic E-state index is 0.550. The quantitative estimate of drug-likeness (QED) is 0.502. The predicted octanol–water partition coefficient (Wildman–Crippen LogP) is 3.76. The van der Waals surface area contributed by atoms with Gasteiger partial charge in [0.1, 0.15) is 11.5 Å². The highest BCUT2D eigenvalue weighted by Gasteiger charge is 2.13. The molecule has 1 aromatic heterocycles. The SMILES string of the molecule is CCNC(=NCc1c(CC)noc1CC)NCCc1ccc(OC)cc1Cl. The van der Waals surface area contributed by atoms with Crippen LogP contribution in [-0.4, -0.2) is 31.3 Å². The van der Waals surface area contributed by atoms with Crippen molar-refractivity contribution in [1.82, 2.24) is 15.8 Å². The van der Waals surface area contributed by atoms with E-state index in [1.807, 2.05) is 25.1 Å². The standard InChI is InChI=1S/C20H29ClN4O2/c1-5-18-16(19(6-2)27-25-18)13-24-20(22-7-3)23-11-10-14-8-9-15(26-4)12-17(14)21/h8-9,12H,5-7,10-11,13H2,1-4H3,(H2,22,23,24). The molecule has 27 heavy (non-hydrogen) atoms. The number of aryl methyl sites for hydroxylation is 2. The summed E-state index contributed by atoms with van der Waals surface area (Å²) in [5.41, 5.74) is 3.15. The van der Waals surface area contributed by atoms with Crippen LogP contribution in [0.15, 0.2) is 27.7 Å². The van der Waals surface area contributed by atoms with E-state index in [1.54, 1.807) is 7.11 Å². The smallest absolute Gasteiger partial charge is 0.191 e. The summed E-state index contributed by atoms with van der Waals surface area (Å²) in [6, 6.07) is 5.75. The molecule has 0 aliphatic rings. The fraction of sp³-hybridized carbons (Fsp3) is 0.500. The third-order valence-electron chi connectivity index (χ3n) is 4.29. The predicted molar refractivity (Wildman–Crippen MR) is 110 cm³/mol. The molecule has 148 valence electrons. The number of guanidine groups is 1. The Morgan fingerprint density at radius 3 is 2.67 bits per heavy atom. The van der Waals surface area contributed by atoms with Gasteiger partial charge in [0.15, 0.2) is 5.96 Å². The second-order valence-electron chi connectivity index (χ2n) is 6.07. The Balaban J connectivity index is 1.99. The van der Waals surface area contributed by atoms with Crippen molar-refractivity contribution in [3.8, 4) is 5.75 Å². The van der Waals surface area contributed by atoms with E-state index in [0.717, 1.165) is 66.6 Å². The van der Waals surface area contributed by atoms with Crippen molar-refractivity contribution in [3.63, 3.8) is 0 Å². The molecule has 1 aromatic carbocycles. The summed E-state index contributed by atoms with van der Waals surface area (Å²) < 4.78 is 10.6. The number of aromatic nitrogens is 1. The van der Waals surface area contributed by atoms with E-state index < -0.39 is 0 Å². The van der Waals surface area contributed by atoms with Crippen molar-refractivity contribution in [2.24, 2.45) is 4.99 Å². The number of hydrogen-bond donors (Lipinski definition) is 2. The molecule has 0 atom stereocenters. The number of halogens is 1. The molecule has 0 amide bonds. The number of nitrogens with one attached hydrogen (secondary N) is 2. The van der Waals surface area contributed by atoms with E-state index in [4.69, 9.17) is 25.9 Å². The van der Waals surface area contributed by atoms with E-state index in [1.165, 1.54) is 0 Å². The highest BCUT2D eigenvalue weighted by atomic mass is 35.5. The Labute approximate surface area is 166 Å². The molecule has 2 aromatic rings. The summed E-state index contributed by atoms with van der Waals surface area (Å²) in [6.07, 6.45) is 2.45. The Morgan fingerprint density at radius 2 is 2.04 bits per heavy atom. The first-order valence-corrected chi connectivity index (χ1v) is 9.81. The number of benzene rings is 1. The first-order valence-electron chi connectivity index (χ1n) is 9.43. The Kier molecular flexibility index (Phi) is 8.45. The van der Waals surface area contributed by atoms with Crippen molar-refractivity contribution in [3.05, 3.63) is 45.8 Å². The topological polar surface area (TPSA) is 71.7 Å². The van der Waals surface area contributed by atoms with Gasteiger partial charge in [-0.25, -0.2) is 4.99 Å². The van der Waals surface area contributed by atoms with Crippen molar-refractivity contribution in [1.29, 1.82) is 0 Å². The molecule has 0 saturated heterocycles. The molecule has 0 spiro atoms. The van der Waals surface area contributed by atoms with Crippen LogP contribution in [0.2, 0.25) is 5.02 Å². The van der Waals surface area contributed by atoms with Gasteiger partial charge in [-0.2, -0.15) is 0 Å². The maximum absolute atomic E-state index is 6.31. The van der Waals surface area contributed by atoms with Crippen LogP contribution < -0.4 is 15.4 Å². The number of hydrogen-bond acceptors (Lipinski definition) is 4. The zero-order chi connectivity index (χ0) is 19.6.